The van der Waals surface area contributed by atoms with Gasteiger partial charge in [-0.3, -0.25) is 0 Å². The zero-order chi connectivity index (χ0) is 15.6. The molecule has 114 valence electrons. The Morgan fingerprint density at radius 3 is 2.73 bits per heavy atom. The molecule has 0 saturated carbocycles. The van der Waals surface area contributed by atoms with Gasteiger partial charge in [-0.15, -0.1) is 0 Å². The van der Waals surface area contributed by atoms with Crippen molar-refractivity contribution in [3.8, 4) is 0 Å². The van der Waals surface area contributed by atoms with Crippen molar-refractivity contribution in [3.63, 3.8) is 0 Å². The van der Waals surface area contributed by atoms with Crippen molar-refractivity contribution >= 4 is 22.5 Å². The van der Waals surface area contributed by atoms with Gasteiger partial charge in [0.05, 0.1) is 12.3 Å². The number of carbonyl (C=O) groups excluding carboxylic acids is 1. The number of hydrogen-bond acceptors (Lipinski definition) is 4. The van der Waals surface area contributed by atoms with E-state index in [1.54, 1.807) is 6.92 Å². The summed E-state index contributed by atoms with van der Waals surface area (Å²) in [7, 11) is 0. The van der Waals surface area contributed by atoms with E-state index in [1.807, 2.05) is 25.1 Å². The first kappa shape index (κ1) is 14.6. The minimum absolute atomic E-state index is 0.336. The fourth-order valence-electron chi connectivity index (χ4n) is 2.71. The van der Waals surface area contributed by atoms with Gasteiger partial charge in [0.25, 0.3) is 0 Å². The molecule has 0 fully saturated rings. The Morgan fingerprint density at radius 2 is 2.00 bits per heavy atom. The summed E-state index contributed by atoms with van der Waals surface area (Å²) in [4.78, 5) is 17.7. The fourth-order valence-corrected chi connectivity index (χ4v) is 2.71. The van der Waals surface area contributed by atoms with Crippen LogP contribution in [0.25, 0.3) is 10.8 Å². The summed E-state index contributed by atoms with van der Waals surface area (Å²) in [5, 5.41) is 6.48. The van der Waals surface area contributed by atoms with Crippen LogP contribution in [0.1, 0.15) is 32.3 Å². The number of rotatable bonds is 4. The van der Waals surface area contributed by atoms with Gasteiger partial charge in [-0.05, 0) is 30.2 Å². The summed E-state index contributed by atoms with van der Waals surface area (Å²) in [5.74, 6) is -0.336. The number of esters is 1. The quantitative estimate of drug-likeness (QED) is 0.809. The maximum absolute atomic E-state index is 12.2. The average molecular weight is 297 g/mol. The van der Waals surface area contributed by atoms with Crippen molar-refractivity contribution in [3.05, 3.63) is 48.0 Å². The molecule has 0 radical (unpaired) electrons. The highest BCUT2D eigenvalue weighted by molar-refractivity contribution is 6.06. The molecule has 0 aliphatic carbocycles. The molecule has 0 amide bonds. The lowest BCUT2D eigenvalue weighted by atomic mass is 9.91. The second-order valence-electron chi connectivity index (χ2n) is 5.44. The molecule has 0 N–H and O–H groups in total. The lowest BCUT2D eigenvalue weighted by Crippen LogP contribution is -2.40. The number of fused-ring (bicyclic) bond motifs is 1. The predicted molar refractivity (Wildman–Crippen MR) is 85.8 cm³/mol. The van der Waals surface area contributed by atoms with E-state index in [4.69, 9.17) is 9.57 Å². The summed E-state index contributed by atoms with van der Waals surface area (Å²) in [5.41, 5.74) is 0.802. The van der Waals surface area contributed by atoms with Gasteiger partial charge < -0.3 is 9.57 Å². The van der Waals surface area contributed by atoms with Crippen LogP contribution in [0.4, 0.5) is 0 Å². The molecule has 22 heavy (non-hydrogen) atoms. The van der Waals surface area contributed by atoms with Crippen LogP contribution >= 0.6 is 0 Å². The standard InChI is InChI=1S/C18H19NO3/c1-3-18(17(20)21-4-2)12-16(19-22-18)15-10-9-13-7-5-6-8-14(13)11-15/h5-11H,3-4,12H2,1-2H3. The molecule has 0 aromatic heterocycles. The van der Waals surface area contributed by atoms with Gasteiger partial charge in [0.15, 0.2) is 0 Å². The normalized spacial score (nSPS) is 20.5. The van der Waals surface area contributed by atoms with E-state index in [1.165, 1.54) is 5.39 Å². The van der Waals surface area contributed by atoms with Crippen LogP contribution in [0, 0.1) is 0 Å². The summed E-state index contributed by atoms with van der Waals surface area (Å²) in [6.45, 7) is 4.05. The Morgan fingerprint density at radius 1 is 1.23 bits per heavy atom. The molecule has 0 spiro atoms. The van der Waals surface area contributed by atoms with Crippen molar-refractivity contribution in [1.82, 2.24) is 0 Å². The fraction of sp³-hybridized carbons (Fsp3) is 0.333. The summed E-state index contributed by atoms with van der Waals surface area (Å²) in [6, 6.07) is 14.3. The second kappa shape index (κ2) is 5.79. The molecule has 0 bridgehead atoms. The number of benzene rings is 2. The number of hydrogen-bond donors (Lipinski definition) is 0. The van der Waals surface area contributed by atoms with E-state index >= 15 is 0 Å². The largest absolute Gasteiger partial charge is 0.463 e. The molecular weight excluding hydrogens is 278 g/mol. The lowest BCUT2D eigenvalue weighted by Gasteiger charge is -2.22. The Labute approximate surface area is 129 Å². The highest BCUT2D eigenvalue weighted by Crippen LogP contribution is 2.32. The first-order valence-electron chi connectivity index (χ1n) is 7.60. The van der Waals surface area contributed by atoms with E-state index in [9.17, 15) is 4.79 Å². The molecule has 3 rings (SSSR count). The SMILES string of the molecule is CCOC(=O)C1(CC)CC(c2ccc3ccccc3c2)=NO1. The maximum atomic E-state index is 12.2. The van der Waals surface area contributed by atoms with Gasteiger partial charge in [-0.1, -0.05) is 48.5 Å². The molecule has 4 nitrogen and oxygen atoms in total. The van der Waals surface area contributed by atoms with Crippen molar-refractivity contribution in [2.45, 2.75) is 32.3 Å². The Bertz CT molecular complexity index is 738. The van der Waals surface area contributed by atoms with Crippen LogP contribution in [0.2, 0.25) is 0 Å². The molecule has 2 aromatic rings. The monoisotopic (exact) mass is 297 g/mol. The third kappa shape index (κ3) is 2.45. The van der Waals surface area contributed by atoms with Crippen LogP contribution in [0.15, 0.2) is 47.6 Å². The first-order valence-corrected chi connectivity index (χ1v) is 7.60. The first-order chi connectivity index (χ1) is 10.7. The lowest BCUT2D eigenvalue weighted by molar-refractivity contribution is -0.169. The van der Waals surface area contributed by atoms with Gasteiger partial charge in [-0.2, -0.15) is 0 Å². The van der Waals surface area contributed by atoms with Crippen molar-refractivity contribution in [2.24, 2.45) is 5.16 Å². The molecule has 1 heterocycles. The van der Waals surface area contributed by atoms with E-state index < -0.39 is 5.60 Å². The van der Waals surface area contributed by atoms with E-state index in [2.05, 4.69) is 29.4 Å². The smallest absolute Gasteiger partial charge is 0.353 e. The summed E-state index contributed by atoms with van der Waals surface area (Å²) >= 11 is 0. The third-order valence-corrected chi connectivity index (χ3v) is 4.08. The molecule has 1 atom stereocenters. The molecule has 2 aromatic carbocycles. The maximum Gasteiger partial charge on any atom is 0.353 e. The van der Waals surface area contributed by atoms with Gasteiger partial charge >= 0.3 is 5.97 Å². The molecule has 4 heteroatoms. The highest BCUT2D eigenvalue weighted by atomic mass is 16.7. The predicted octanol–water partition coefficient (Wildman–Crippen LogP) is 3.68. The Hall–Kier alpha value is -2.36. The topological polar surface area (TPSA) is 47.9 Å². The van der Waals surface area contributed by atoms with Crippen molar-refractivity contribution in [1.29, 1.82) is 0 Å². The second-order valence-corrected chi connectivity index (χ2v) is 5.44. The molecule has 0 saturated heterocycles. The minimum atomic E-state index is -0.975. The van der Waals surface area contributed by atoms with Crippen molar-refractivity contribution in [2.75, 3.05) is 6.61 Å². The van der Waals surface area contributed by atoms with Gasteiger partial charge in [-0.25, -0.2) is 4.79 Å². The van der Waals surface area contributed by atoms with E-state index in [0.717, 1.165) is 16.7 Å². The third-order valence-electron chi connectivity index (χ3n) is 4.08. The van der Waals surface area contributed by atoms with Gasteiger partial charge in [0.1, 0.15) is 0 Å². The Balaban J connectivity index is 1.88. The highest BCUT2D eigenvalue weighted by Gasteiger charge is 2.46. The molecular formula is C18H19NO3. The average Bonchev–Trinajstić information content (AvgIpc) is 3.00. The molecule has 1 aliphatic heterocycles. The van der Waals surface area contributed by atoms with Crippen LogP contribution in [0.3, 0.4) is 0 Å². The molecule has 1 unspecified atom stereocenters. The number of carbonyl (C=O) groups is 1. The van der Waals surface area contributed by atoms with Crippen LogP contribution in [0.5, 0.6) is 0 Å². The zero-order valence-electron chi connectivity index (χ0n) is 12.8. The summed E-state index contributed by atoms with van der Waals surface area (Å²) in [6.07, 6.45) is 0.979. The summed E-state index contributed by atoms with van der Waals surface area (Å²) < 4.78 is 5.14. The van der Waals surface area contributed by atoms with Gasteiger partial charge in [0.2, 0.25) is 5.60 Å². The molecule has 1 aliphatic rings. The van der Waals surface area contributed by atoms with Gasteiger partial charge in [0, 0.05) is 12.0 Å². The van der Waals surface area contributed by atoms with Crippen LogP contribution in [-0.4, -0.2) is 23.9 Å². The number of ether oxygens (including phenoxy) is 1. The van der Waals surface area contributed by atoms with Crippen molar-refractivity contribution < 1.29 is 14.4 Å². The van der Waals surface area contributed by atoms with E-state index in [-0.39, 0.29) is 5.97 Å². The van der Waals surface area contributed by atoms with Crippen LogP contribution < -0.4 is 0 Å². The minimum Gasteiger partial charge on any atom is -0.463 e. The van der Waals surface area contributed by atoms with Crippen LogP contribution in [-0.2, 0) is 14.4 Å². The Kier molecular flexibility index (Phi) is 3.84. The zero-order valence-corrected chi connectivity index (χ0v) is 12.8. The number of oxime groups is 1. The van der Waals surface area contributed by atoms with E-state index in [0.29, 0.717) is 19.4 Å². The number of nitrogens with zero attached hydrogens (tertiary/aromatic N) is 1.